The Labute approximate surface area is 85.8 Å². The van der Waals surface area contributed by atoms with Crippen LogP contribution in [0.5, 0.6) is 0 Å². The van der Waals surface area contributed by atoms with Gasteiger partial charge in [-0.15, -0.1) is 0 Å². The summed E-state index contributed by atoms with van der Waals surface area (Å²) in [5.41, 5.74) is 0. The van der Waals surface area contributed by atoms with Gasteiger partial charge in [0.1, 0.15) is 0 Å². The second-order valence-electron chi connectivity index (χ2n) is 0. The zero-order valence-electron chi connectivity index (χ0n) is 3.08. The third-order valence-electron chi connectivity index (χ3n) is 0. The fourth-order valence-electron chi connectivity index (χ4n) is 0. The standard InChI is InChI=1S/3ClH.2Cr.3FH/h3*1H;;;3*1H/q;;;2*+3;;;/p-6. The molecule has 0 nitrogen and oxygen atoms in total. The molecule has 0 aromatic rings. The number of halogens is 6. The summed E-state index contributed by atoms with van der Waals surface area (Å²) in [4.78, 5) is 0. The van der Waals surface area contributed by atoms with Gasteiger partial charge >= 0.3 is 34.7 Å². The molecule has 0 aliphatic carbocycles. The predicted octanol–water partition coefficient (Wildman–Crippen LogP) is -18.0. The van der Waals surface area contributed by atoms with Crippen molar-refractivity contribution >= 4 is 0 Å². The minimum atomic E-state index is 0. The van der Waals surface area contributed by atoms with Gasteiger partial charge in [0.15, 0.2) is 0 Å². The van der Waals surface area contributed by atoms with Gasteiger partial charge < -0.3 is 51.3 Å². The molecule has 8 heavy (non-hydrogen) atoms. The van der Waals surface area contributed by atoms with Crippen molar-refractivity contribution < 1.29 is 86.1 Å². The van der Waals surface area contributed by atoms with E-state index in [1.807, 2.05) is 0 Å². The van der Waals surface area contributed by atoms with Crippen molar-refractivity contribution in [2.45, 2.75) is 0 Å². The maximum absolute atomic E-state index is 0. The molecule has 0 aliphatic heterocycles. The molecule has 0 saturated carbocycles. The van der Waals surface area contributed by atoms with Crippen LogP contribution in [0.2, 0.25) is 0 Å². The van der Waals surface area contributed by atoms with Crippen LogP contribution < -0.4 is 51.3 Å². The average molecular weight is 267 g/mol. The first kappa shape index (κ1) is 249. The topological polar surface area (TPSA) is 0 Å². The van der Waals surface area contributed by atoms with E-state index in [9.17, 15) is 0 Å². The number of hydrogen-bond donors (Lipinski definition) is 0. The maximum Gasteiger partial charge on any atom is 3.00 e. The molecular formula is Cl3Cr2F3. The van der Waals surface area contributed by atoms with E-state index >= 15 is 0 Å². The van der Waals surface area contributed by atoms with Crippen molar-refractivity contribution in [1.29, 1.82) is 0 Å². The third kappa shape index (κ3) is 117. The van der Waals surface area contributed by atoms with Gasteiger partial charge in [0, 0.05) is 0 Å². The second kappa shape index (κ2) is 175. The molecule has 0 rings (SSSR count). The van der Waals surface area contributed by atoms with E-state index in [-0.39, 0.29) is 86.1 Å². The number of hydrogen-bond acceptors (Lipinski definition) is 0. The summed E-state index contributed by atoms with van der Waals surface area (Å²) in [6.45, 7) is 0. The summed E-state index contributed by atoms with van der Waals surface area (Å²) < 4.78 is 0. The Kier molecular flexibility index (Phi) is 5440. The van der Waals surface area contributed by atoms with Gasteiger partial charge in [-0.2, -0.15) is 0 Å². The monoisotopic (exact) mass is 266 g/mol. The van der Waals surface area contributed by atoms with E-state index in [0.29, 0.717) is 0 Å². The molecule has 0 fully saturated rings. The van der Waals surface area contributed by atoms with Crippen LogP contribution in [-0.2, 0) is 34.7 Å². The first-order valence-corrected chi connectivity index (χ1v) is 0. The molecule has 0 aromatic heterocycles. The van der Waals surface area contributed by atoms with Crippen LogP contribution in [0.3, 0.4) is 0 Å². The molecule has 0 aliphatic rings. The van der Waals surface area contributed by atoms with E-state index in [4.69, 9.17) is 0 Å². The van der Waals surface area contributed by atoms with Crippen LogP contribution in [0.25, 0.3) is 0 Å². The van der Waals surface area contributed by atoms with E-state index in [1.54, 1.807) is 0 Å². The van der Waals surface area contributed by atoms with Gasteiger partial charge in [0.05, 0.1) is 0 Å². The summed E-state index contributed by atoms with van der Waals surface area (Å²) in [5, 5.41) is 0. The van der Waals surface area contributed by atoms with Crippen LogP contribution >= 0.6 is 0 Å². The summed E-state index contributed by atoms with van der Waals surface area (Å²) in [5.74, 6) is 0. The molecular weight excluding hydrogens is 267 g/mol. The fraction of sp³-hybridized carbons (Fsp3) is 0. The smallest absolute Gasteiger partial charge is 1.00 e. The minimum Gasteiger partial charge on any atom is -1.00 e. The minimum absolute atomic E-state index is 0. The normalized spacial score (nSPS) is 0. The van der Waals surface area contributed by atoms with Crippen molar-refractivity contribution in [2.75, 3.05) is 0 Å². The van der Waals surface area contributed by atoms with Gasteiger partial charge in [-0.3, -0.25) is 0 Å². The molecule has 8 heteroatoms. The van der Waals surface area contributed by atoms with E-state index in [1.165, 1.54) is 0 Å². The molecule has 0 aromatic carbocycles. The number of rotatable bonds is 0. The second-order valence-corrected chi connectivity index (χ2v) is 0. The maximum atomic E-state index is 0. The van der Waals surface area contributed by atoms with Crippen LogP contribution in [-0.4, -0.2) is 0 Å². The molecule has 54 valence electrons. The molecule has 0 N–H and O–H groups in total. The average Bonchev–Trinajstić information content (AvgIpc) is 0. The molecule has 0 atom stereocenters. The zero-order valence-corrected chi connectivity index (χ0v) is 7.90. The predicted molar refractivity (Wildman–Crippen MR) is 0 cm³/mol. The molecule has 0 unspecified atom stereocenters. The molecule has 2 radical (unpaired) electrons. The van der Waals surface area contributed by atoms with Crippen molar-refractivity contribution in [3.8, 4) is 0 Å². The molecule has 0 spiro atoms. The van der Waals surface area contributed by atoms with Gasteiger partial charge in [-0.25, -0.2) is 0 Å². The summed E-state index contributed by atoms with van der Waals surface area (Å²) in [6, 6.07) is 0. The summed E-state index contributed by atoms with van der Waals surface area (Å²) in [6.07, 6.45) is 0. The zero-order chi connectivity index (χ0) is 0. The van der Waals surface area contributed by atoms with Crippen LogP contribution in [0.1, 0.15) is 0 Å². The van der Waals surface area contributed by atoms with Crippen LogP contribution in [0.4, 0.5) is 0 Å². The Bertz CT molecular complexity index is 12.5. The van der Waals surface area contributed by atoms with Crippen molar-refractivity contribution in [1.82, 2.24) is 0 Å². The Balaban J connectivity index is 0. The third-order valence-corrected chi connectivity index (χ3v) is 0. The molecule has 0 bridgehead atoms. The van der Waals surface area contributed by atoms with Crippen molar-refractivity contribution in [3.63, 3.8) is 0 Å². The Morgan fingerprint density at radius 3 is 0.375 bits per heavy atom. The first-order valence-electron chi connectivity index (χ1n) is 0. The summed E-state index contributed by atoms with van der Waals surface area (Å²) >= 11 is 0. The van der Waals surface area contributed by atoms with Crippen LogP contribution in [0, 0.1) is 0 Å². The Hall–Kier alpha value is 1.72. The van der Waals surface area contributed by atoms with E-state index in [2.05, 4.69) is 0 Å². The van der Waals surface area contributed by atoms with Gasteiger partial charge in [-0.1, -0.05) is 0 Å². The quantitative estimate of drug-likeness (QED) is 0.409. The molecule has 0 heterocycles. The Morgan fingerprint density at radius 1 is 0.375 bits per heavy atom. The largest absolute Gasteiger partial charge is 3.00 e. The van der Waals surface area contributed by atoms with Gasteiger partial charge in [0.25, 0.3) is 0 Å². The Morgan fingerprint density at radius 2 is 0.375 bits per heavy atom. The van der Waals surface area contributed by atoms with E-state index in [0.717, 1.165) is 0 Å². The molecule has 0 saturated heterocycles. The molecule has 0 amide bonds. The SMILES string of the molecule is [Cl-].[Cl-].[Cl-].[Cr+3].[Cr+3].[F-].[F-].[F-]. The summed E-state index contributed by atoms with van der Waals surface area (Å²) in [7, 11) is 0. The van der Waals surface area contributed by atoms with E-state index < -0.39 is 0 Å². The van der Waals surface area contributed by atoms with Crippen molar-refractivity contribution in [3.05, 3.63) is 0 Å². The van der Waals surface area contributed by atoms with Crippen LogP contribution in [0.15, 0.2) is 0 Å². The fourth-order valence-corrected chi connectivity index (χ4v) is 0. The van der Waals surface area contributed by atoms with Gasteiger partial charge in [-0.05, 0) is 0 Å². The van der Waals surface area contributed by atoms with Gasteiger partial charge in [0.2, 0.25) is 0 Å². The van der Waals surface area contributed by atoms with Crippen molar-refractivity contribution in [2.24, 2.45) is 0 Å². The first-order chi connectivity index (χ1) is 0.